The number of aliphatic hydroxyl groups excluding tert-OH is 2. The molecule has 0 aliphatic carbocycles. The molecule has 3 fully saturated rings. The number of hydrogen-bond acceptors (Lipinski definition) is 13. The van der Waals surface area contributed by atoms with Gasteiger partial charge in [0.2, 0.25) is 0 Å². The number of methoxy groups -OCH3 is 2. The van der Waals surface area contributed by atoms with Crippen LogP contribution in [-0.2, 0) is 47.5 Å². The van der Waals surface area contributed by atoms with Crippen LogP contribution in [-0.4, -0.2) is 132 Å². The van der Waals surface area contributed by atoms with Crippen LogP contribution in [0.5, 0.6) is 0 Å². The van der Waals surface area contributed by atoms with Gasteiger partial charge >= 0.3 is 5.97 Å². The van der Waals surface area contributed by atoms with Crippen molar-refractivity contribution >= 4 is 11.8 Å². The number of allylic oxidation sites excluding steroid dienone is 1. The SMILES string of the molecule is CC[C@H]1OC(=O)[C@H](C)C(OC2C[C@@](C)(OC)C(O)[C@H](C)O2)[C@H](C)C(OC2O[C@H](C)CC(N(C)C(C)C)C2O)[C@@]2(C)CC(C)C(=C(C)C(=O)[C@]1(C)OC)O2. The molecule has 0 saturated carbocycles. The quantitative estimate of drug-likeness (QED) is 0.318. The lowest BCUT2D eigenvalue weighted by Crippen LogP contribution is -2.61. The highest BCUT2D eigenvalue weighted by Gasteiger charge is 2.56. The third-order valence-electron chi connectivity index (χ3n) is 12.8. The van der Waals surface area contributed by atoms with E-state index in [1.165, 1.54) is 14.2 Å². The van der Waals surface area contributed by atoms with Crippen molar-refractivity contribution in [1.29, 1.82) is 0 Å². The Morgan fingerprint density at radius 1 is 0.962 bits per heavy atom. The molecule has 0 aromatic rings. The summed E-state index contributed by atoms with van der Waals surface area (Å²) >= 11 is 0. The number of hydrogen-bond donors (Lipinski definition) is 2. The Balaban J connectivity index is 1.88. The number of ether oxygens (including phenoxy) is 8. The van der Waals surface area contributed by atoms with Gasteiger partial charge in [-0.15, -0.1) is 0 Å². The third kappa shape index (κ3) is 8.54. The largest absolute Gasteiger partial charge is 0.488 e. The Labute approximate surface area is 317 Å². The summed E-state index contributed by atoms with van der Waals surface area (Å²) in [5.74, 6) is -2.11. The zero-order chi connectivity index (χ0) is 40.0. The second kappa shape index (κ2) is 16.8. The van der Waals surface area contributed by atoms with Gasteiger partial charge in [-0.05, 0) is 88.6 Å². The molecule has 0 aromatic carbocycles. The maximum absolute atomic E-state index is 14.3. The molecule has 2 bridgehead atoms. The van der Waals surface area contributed by atoms with Gasteiger partial charge in [0.05, 0.1) is 29.8 Å². The van der Waals surface area contributed by atoms with Crippen LogP contribution < -0.4 is 0 Å². The number of carbonyl (C=O) groups excluding carboxylic acids is 2. The van der Waals surface area contributed by atoms with E-state index in [4.69, 9.17) is 37.9 Å². The van der Waals surface area contributed by atoms with Crippen molar-refractivity contribution < 1.29 is 57.7 Å². The summed E-state index contributed by atoms with van der Waals surface area (Å²) in [5, 5.41) is 22.8. The van der Waals surface area contributed by atoms with Crippen LogP contribution in [0.1, 0.15) is 109 Å². The highest BCUT2D eigenvalue weighted by atomic mass is 16.7. The van der Waals surface area contributed by atoms with E-state index in [2.05, 4.69) is 18.7 Å². The molecule has 2 N–H and O–H groups in total. The average Bonchev–Trinajstić information content (AvgIpc) is 3.43. The lowest BCUT2D eigenvalue weighted by molar-refractivity contribution is -0.317. The molecule has 4 rings (SSSR count). The number of aliphatic hydroxyl groups is 2. The van der Waals surface area contributed by atoms with Crippen LogP contribution in [0.25, 0.3) is 0 Å². The molecule has 0 amide bonds. The van der Waals surface area contributed by atoms with Gasteiger partial charge in [-0.3, -0.25) is 14.5 Å². The zero-order valence-corrected chi connectivity index (χ0v) is 34.8. The van der Waals surface area contributed by atoms with E-state index < -0.39 is 83.8 Å². The van der Waals surface area contributed by atoms with Gasteiger partial charge in [0.1, 0.15) is 35.8 Å². The summed E-state index contributed by atoms with van der Waals surface area (Å²) in [6.45, 7) is 22.5. The van der Waals surface area contributed by atoms with Crippen LogP contribution in [0.2, 0.25) is 0 Å². The highest BCUT2D eigenvalue weighted by molar-refractivity contribution is 6.02. The Morgan fingerprint density at radius 2 is 1.60 bits per heavy atom. The Kier molecular flexibility index (Phi) is 14.0. The molecule has 0 spiro atoms. The maximum atomic E-state index is 14.3. The molecule has 8 unspecified atom stereocenters. The molecule has 13 heteroatoms. The number of ketones is 1. The Morgan fingerprint density at radius 3 is 2.17 bits per heavy atom. The molecule has 4 aliphatic rings. The monoisotopic (exact) mass is 755 g/mol. The molecule has 4 aliphatic heterocycles. The standard InChI is InChI=1S/C40H69NO12/c1-16-28-40(12,47-15)33(43)23(6)31-21(4)18-39(11,53-31)35(52-37-30(42)27(17-22(5)48-37)41(13)20(2)3)24(7)32(25(8)36(45)50-28)51-29-19-38(10,46-14)34(44)26(9)49-29/h20-22,24-30,32,34-35,37,42,44H,16-19H2,1-15H3/t21?,22-,24+,25-,26+,27?,28-,29?,30?,32?,34?,35?,37?,38-,39-,40-/m1/s1. The molecule has 3 saturated heterocycles. The number of rotatable bonds is 9. The summed E-state index contributed by atoms with van der Waals surface area (Å²) in [5.41, 5.74) is -3.16. The van der Waals surface area contributed by atoms with Gasteiger partial charge < -0.3 is 48.1 Å². The number of Topliss-reactive ketones (excluding diaryl/α,β-unsaturated/α-hetero) is 1. The van der Waals surface area contributed by atoms with E-state index in [0.29, 0.717) is 30.6 Å². The molecule has 13 nitrogen and oxygen atoms in total. The van der Waals surface area contributed by atoms with Gasteiger partial charge in [-0.25, -0.2) is 0 Å². The van der Waals surface area contributed by atoms with Crippen LogP contribution in [0.3, 0.4) is 0 Å². The maximum Gasteiger partial charge on any atom is 0.311 e. The minimum atomic E-state index is -1.50. The minimum absolute atomic E-state index is 0.165. The van der Waals surface area contributed by atoms with E-state index in [1.54, 1.807) is 34.6 Å². The van der Waals surface area contributed by atoms with E-state index in [1.807, 2.05) is 41.7 Å². The lowest BCUT2D eigenvalue weighted by atomic mass is 9.78. The van der Waals surface area contributed by atoms with Crippen molar-refractivity contribution in [1.82, 2.24) is 4.90 Å². The van der Waals surface area contributed by atoms with Crippen LogP contribution in [0, 0.1) is 17.8 Å². The normalized spacial score (nSPS) is 46.1. The Hall–Kier alpha value is -1.68. The highest BCUT2D eigenvalue weighted by Crippen LogP contribution is 2.48. The molecular weight excluding hydrogens is 686 g/mol. The van der Waals surface area contributed by atoms with Crippen molar-refractivity contribution in [3.05, 3.63) is 11.3 Å². The average molecular weight is 756 g/mol. The molecule has 53 heavy (non-hydrogen) atoms. The predicted molar refractivity (Wildman–Crippen MR) is 197 cm³/mol. The fourth-order valence-electron chi connectivity index (χ4n) is 9.07. The summed E-state index contributed by atoms with van der Waals surface area (Å²) in [4.78, 5) is 30.8. The molecule has 306 valence electrons. The first-order chi connectivity index (χ1) is 24.6. The van der Waals surface area contributed by atoms with Gasteiger partial charge in [0.25, 0.3) is 0 Å². The fraction of sp³-hybridized carbons (Fsp3) is 0.900. The van der Waals surface area contributed by atoms with Crippen LogP contribution in [0.4, 0.5) is 0 Å². The number of cyclic esters (lactones) is 1. The second-order valence-corrected chi connectivity index (χ2v) is 17.1. The Bertz CT molecular complexity index is 1330. The van der Waals surface area contributed by atoms with Crippen LogP contribution >= 0.6 is 0 Å². The van der Waals surface area contributed by atoms with Gasteiger partial charge in [-0.1, -0.05) is 20.8 Å². The topological polar surface area (TPSA) is 152 Å². The summed E-state index contributed by atoms with van der Waals surface area (Å²) < 4.78 is 51.1. The number of esters is 1. The van der Waals surface area contributed by atoms with Crippen molar-refractivity contribution in [2.24, 2.45) is 17.8 Å². The molecule has 16 atom stereocenters. The number of carbonyl (C=O) groups is 2. The predicted octanol–water partition coefficient (Wildman–Crippen LogP) is 4.53. The number of likely N-dealkylation sites (N-methyl/N-ethyl adjacent to an activating group) is 1. The van der Waals surface area contributed by atoms with Crippen LogP contribution in [0.15, 0.2) is 11.3 Å². The summed E-state index contributed by atoms with van der Waals surface area (Å²) in [7, 11) is 4.97. The lowest BCUT2D eigenvalue weighted by Gasteiger charge is -2.49. The first-order valence-electron chi connectivity index (χ1n) is 19.5. The smallest absolute Gasteiger partial charge is 0.311 e. The van der Waals surface area contributed by atoms with Gasteiger partial charge in [0, 0.05) is 50.1 Å². The summed E-state index contributed by atoms with van der Waals surface area (Å²) in [6, 6.07) is -0.0765. The first-order valence-corrected chi connectivity index (χ1v) is 19.5. The van der Waals surface area contributed by atoms with Gasteiger partial charge in [-0.2, -0.15) is 0 Å². The molecule has 4 heterocycles. The van der Waals surface area contributed by atoms with Gasteiger partial charge in [0.15, 0.2) is 24.0 Å². The molecule has 0 aromatic heterocycles. The second-order valence-electron chi connectivity index (χ2n) is 17.1. The minimum Gasteiger partial charge on any atom is -0.488 e. The van der Waals surface area contributed by atoms with E-state index in [-0.39, 0.29) is 36.3 Å². The number of fused-ring (bicyclic) bond motifs is 2. The van der Waals surface area contributed by atoms with E-state index in [0.717, 1.165) is 0 Å². The first kappa shape index (κ1) is 44.0. The van der Waals surface area contributed by atoms with Crippen molar-refractivity contribution in [3.63, 3.8) is 0 Å². The van der Waals surface area contributed by atoms with E-state index in [9.17, 15) is 19.8 Å². The molecular formula is C40H69NO12. The summed E-state index contributed by atoms with van der Waals surface area (Å²) in [6.07, 6.45) is -5.77. The zero-order valence-electron chi connectivity index (χ0n) is 34.8. The fourth-order valence-corrected chi connectivity index (χ4v) is 9.07. The van der Waals surface area contributed by atoms with E-state index >= 15 is 0 Å². The number of nitrogens with zero attached hydrogens (tertiary/aromatic N) is 1. The third-order valence-corrected chi connectivity index (χ3v) is 12.8. The molecule has 0 radical (unpaired) electrons. The van der Waals surface area contributed by atoms with Crippen molar-refractivity contribution in [2.45, 2.75) is 193 Å². The van der Waals surface area contributed by atoms with Crippen molar-refractivity contribution in [3.8, 4) is 0 Å². The van der Waals surface area contributed by atoms with Crippen molar-refractivity contribution in [2.75, 3.05) is 21.3 Å².